The van der Waals surface area contributed by atoms with Crippen molar-refractivity contribution in [3.63, 3.8) is 0 Å². The topological polar surface area (TPSA) is 98.9 Å². The number of methoxy groups -OCH3 is 1. The molecule has 0 bridgehead atoms. The number of phenolic OH excluding ortho intramolecular Hbond substituents is 1. The molecule has 0 saturated carbocycles. The highest BCUT2D eigenvalue weighted by atomic mass is 16.5. The van der Waals surface area contributed by atoms with Crippen molar-refractivity contribution in [2.24, 2.45) is 0 Å². The number of fused-ring (bicyclic) bond motifs is 3. The molecular formula is C24H17NO6. The average Bonchev–Trinajstić information content (AvgIpc) is 2.79. The van der Waals surface area contributed by atoms with Crippen molar-refractivity contribution in [1.82, 2.24) is 4.98 Å². The van der Waals surface area contributed by atoms with Gasteiger partial charge < -0.3 is 19.0 Å². The van der Waals surface area contributed by atoms with Gasteiger partial charge in [0.25, 0.3) is 0 Å². The van der Waals surface area contributed by atoms with E-state index >= 15 is 0 Å². The molecule has 31 heavy (non-hydrogen) atoms. The third kappa shape index (κ3) is 3.11. The predicted molar refractivity (Wildman–Crippen MR) is 112 cm³/mol. The SMILES string of the molecule is COc1ccc(-c2coc3c4c(cc(O)c3c2=O)OC(=O)C[C@H]4c2ccncc2)cc1. The molecule has 0 aliphatic carbocycles. The Morgan fingerprint density at radius 1 is 1.10 bits per heavy atom. The fourth-order valence-corrected chi connectivity index (χ4v) is 3.98. The number of phenols is 1. The highest BCUT2D eigenvalue weighted by Gasteiger charge is 2.33. The molecule has 1 N–H and O–H groups in total. The lowest BCUT2D eigenvalue weighted by atomic mass is 9.85. The van der Waals surface area contributed by atoms with E-state index in [-0.39, 0.29) is 34.3 Å². The molecule has 2 aromatic carbocycles. The van der Waals surface area contributed by atoms with Crippen LogP contribution in [0, 0.1) is 0 Å². The number of nitrogens with zero attached hydrogens (tertiary/aromatic N) is 1. The summed E-state index contributed by atoms with van der Waals surface area (Å²) in [6.45, 7) is 0. The molecule has 0 saturated heterocycles. The zero-order valence-corrected chi connectivity index (χ0v) is 16.5. The standard InChI is InChI=1S/C24H17NO6/c1-29-15-4-2-13(3-5-15)17-12-30-24-21-16(14-6-8-25-9-7-14)10-20(27)31-19(21)11-18(26)22(24)23(17)28/h2-9,11-12,16,26H,10H2,1H3/t16-/m0/s1. The largest absolute Gasteiger partial charge is 0.507 e. The molecule has 1 aliphatic rings. The van der Waals surface area contributed by atoms with Crippen LogP contribution in [0.2, 0.25) is 0 Å². The Morgan fingerprint density at radius 3 is 2.55 bits per heavy atom. The van der Waals surface area contributed by atoms with E-state index in [4.69, 9.17) is 13.9 Å². The molecule has 1 atom stereocenters. The molecule has 0 unspecified atom stereocenters. The van der Waals surface area contributed by atoms with Crippen LogP contribution in [0.3, 0.4) is 0 Å². The lowest BCUT2D eigenvalue weighted by Gasteiger charge is -2.25. The van der Waals surface area contributed by atoms with Gasteiger partial charge in [0.05, 0.1) is 19.1 Å². The lowest BCUT2D eigenvalue weighted by Crippen LogP contribution is -2.22. The first-order valence-corrected chi connectivity index (χ1v) is 9.63. The normalized spacial score (nSPS) is 15.4. The molecule has 1 aliphatic heterocycles. The van der Waals surface area contributed by atoms with Gasteiger partial charge >= 0.3 is 5.97 Å². The van der Waals surface area contributed by atoms with E-state index in [1.807, 2.05) is 0 Å². The predicted octanol–water partition coefficient (Wildman–Crippen LogP) is 4.01. The van der Waals surface area contributed by atoms with Gasteiger partial charge in [-0.1, -0.05) is 12.1 Å². The quantitative estimate of drug-likeness (QED) is 0.399. The minimum absolute atomic E-state index is 0.0454. The van der Waals surface area contributed by atoms with Crippen LogP contribution in [0.15, 0.2) is 70.3 Å². The molecular weight excluding hydrogens is 398 g/mol. The molecule has 7 heteroatoms. The average molecular weight is 415 g/mol. The van der Waals surface area contributed by atoms with Crippen molar-refractivity contribution in [1.29, 1.82) is 0 Å². The molecule has 3 heterocycles. The van der Waals surface area contributed by atoms with E-state index in [0.717, 1.165) is 5.56 Å². The zero-order valence-electron chi connectivity index (χ0n) is 16.5. The molecule has 5 rings (SSSR count). The minimum Gasteiger partial charge on any atom is -0.507 e. The maximum atomic E-state index is 13.3. The van der Waals surface area contributed by atoms with Crippen LogP contribution in [-0.4, -0.2) is 23.2 Å². The third-order valence-electron chi connectivity index (χ3n) is 5.48. The summed E-state index contributed by atoms with van der Waals surface area (Å²) in [5, 5.41) is 10.7. The van der Waals surface area contributed by atoms with Gasteiger partial charge in [-0.15, -0.1) is 0 Å². The van der Waals surface area contributed by atoms with Crippen molar-refractivity contribution >= 4 is 16.9 Å². The molecule has 0 radical (unpaired) electrons. The number of ether oxygens (including phenoxy) is 2. The van der Waals surface area contributed by atoms with Gasteiger partial charge in [0, 0.05) is 29.9 Å². The number of pyridine rings is 1. The van der Waals surface area contributed by atoms with Crippen molar-refractivity contribution < 1.29 is 23.8 Å². The van der Waals surface area contributed by atoms with Crippen LogP contribution in [0.4, 0.5) is 0 Å². The summed E-state index contributed by atoms with van der Waals surface area (Å²) in [5.74, 6) is -0.278. The van der Waals surface area contributed by atoms with E-state index in [1.165, 1.54) is 12.3 Å². The highest BCUT2D eigenvalue weighted by Crippen LogP contribution is 2.45. The van der Waals surface area contributed by atoms with E-state index in [0.29, 0.717) is 22.4 Å². The van der Waals surface area contributed by atoms with Gasteiger partial charge in [-0.25, -0.2) is 0 Å². The summed E-state index contributed by atoms with van der Waals surface area (Å²) in [6, 6.07) is 11.9. The Bertz CT molecular complexity index is 1360. The number of carbonyl (C=O) groups excluding carboxylic acids is 1. The first-order chi connectivity index (χ1) is 15.1. The summed E-state index contributed by atoms with van der Waals surface area (Å²) in [7, 11) is 1.56. The monoisotopic (exact) mass is 415 g/mol. The van der Waals surface area contributed by atoms with Crippen LogP contribution < -0.4 is 14.9 Å². The van der Waals surface area contributed by atoms with Gasteiger partial charge in [0.2, 0.25) is 5.43 Å². The Balaban J connectivity index is 1.75. The molecule has 0 spiro atoms. The Labute approximate surface area is 176 Å². The number of aromatic hydroxyl groups is 1. The van der Waals surface area contributed by atoms with Crippen molar-refractivity contribution in [3.05, 3.63) is 82.5 Å². The van der Waals surface area contributed by atoms with Gasteiger partial charge in [-0.2, -0.15) is 0 Å². The summed E-state index contributed by atoms with van der Waals surface area (Å²) in [5.41, 5.74) is 2.15. The number of rotatable bonds is 3. The smallest absolute Gasteiger partial charge is 0.312 e. The Kier molecular flexibility index (Phi) is 4.43. The van der Waals surface area contributed by atoms with Gasteiger partial charge in [-0.05, 0) is 35.4 Å². The summed E-state index contributed by atoms with van der Waals surface area (Å²) >= 11 is 0. The molecule has 4 aromatic rings. The Hall–Kier alpha value is -4.13. The number of hydrogen-bond donors (Lipinski definition) is 1. The fourth-order valence-electron chi connectivity index (χ4n) is 3.98. The number of benzene rings is 2. The molecule has 0 fully saturated rings. The third-order valence-corrected chi connectivity index (χ3v) is 5.48. The maximum Gasteiger partial charge on any atom is 0.312 e. The molecule has 154 valence electrons. The Morgan fingerprint density at radius 2 is 1.84 bits per heavy atom. The van der Waals surface area contributed by atoms with E-state index in [9.17, 15) is 14.7 Å². The van der Waals surface area contributed by atoms with Gasteiger partial charge in [0.1, 0.15) is 34.5 Å². The van der Waals surface area contributed by atoms with Crippen LogP contribution in [0.1, 0.15) is 23.5 Å². The van der Waals surface area contributed by atoms with Gasteiger partial charge in [0.15, 0.2) is 0 Å². The summed E-state index contributed by atoms with van der Waals surface area (Å²) in [6.07, 6.45) is 4.72. The van der Waals surface area contributed by atoms with E-state index in [1.54, 1.807) is 55.9 Å². The fraction of sp³-hybridized carbons (Fsp3) is 0.125. The second-order valence-corrected chi connectivity index (χ2v) is 7.23. The number of carbonyl (C=O) groups is 1. The van der Waals surface area contributed by atoms with E-state index in [2.05, 4.69) is 4.98 Å². The van der Waals surface area contributed by atoms with Crippen LogP contribution in [-0.2, 0) is 4.79 Å². The minimum atomic E-state index is -0.426. The molecule has 2 aromatic heterocycles. The van der Waals surface area contributed by atoms with Crippen molar-refractivity contribution in [2.45, 2.75) is 12.3 Å². The lowest BCUT2D eigenvalue weighted by molar-refractivity contribution is -0.135. The number of aromatic nitrogens is 1. The zero-order chi connectivity index (χ0) is 21.5. The second kappa shape index (κ2) is 7.28. The van der Waals surface area contributed by atoms with Crippen molar-refractivity contribution in [3.8, 4) is 28.4 Å². The van der Waals surface area contributed by atoms with Crippen molar-refractivity contribution in [2.75, 3.05) is 7.11 Å². The second-order valence-electron chi connectivity index (χ2n) is 7.23. The van der Waals surface area contributed by atoms with Crippen LogP contribution in [0.5, 0.6) is 17.2 Å². The first-order valence-electron chi connectivity index (χ1n) is 9.63. The van der Waals surface area contributed by atoms with Gasteiger partial charge in [-0.3, -0.25) is 14.6 Å². The van der Waals surface area contributed by atoms with E-state index < -0.39 is 11.9 Å². The number of esters is 1. The molecule has 7 nitrogen and oxygen atoms in total. The van der Waals surface area contributed by atoms with Crippen LogP contribution >= 0.6 is 0 Å². The highest BCUT2D eigenvalue weighted by molar-refractivity contribution is 5.94. The maximum absolute atomic E-state index is 13.3. The first kappa shape index (κ1) is 18.9. The summed E-state index contributed by atoms with van der Waals surface area (Å²) in [4.78, 5) is 29.5. The molecule has 0 amide bonds. The summed E-state index contributed by atoms with van der Waals surface area (Å²) < 4.78 is 16.4. The van der Waals surface area contributed by atoms with Crippen LogP contribution in [0.25, 0.3) is 22.1 Å². The number of hydrogen-bond acceptors (Lipinski definition) is 7.